The van der Waals surface area contributed by atoms with E-state index in [9.17, 15) is 4.79 Å². The predicted molar refractivity (Wildman–Crippen MR) is 113 cm³/mol. The molecule has 146 valence electrons. The molecule has 0 saturated carbocycles. The van der Waals surface area contributed by atoms with Crippen molar-refractivity contribution in [3.8, 4) is 17.1 Å². The minimum Gasteiger partial charge on any atom is -0.480 e. The normalized spacial score (nSPS) is 11.0. The number of carboxylic acid groups (broad SMARTS) is 1. The van der Waals surface area contributed by atoms with Crippen LogP contribution in [0.5, 0.6) is 0 Å². The number of hydrogen-bond acceptors (Lipinski definition) is 5. The summed E-state index contributed by atoms with van der Waals surface area (Å²) < 4.78 is 1.80. The van der Waals surface area contributed by atoms with Crippen LogP contribution in [0, 0.1) is 0 Å². The van der Waals surface area contributed by atoms with E-state index in [0.29, 0.717) is 43.4 Å². The van der Waals surface area contributed by atoms with Crippen LogP contribution in [0.2, 0.25) is 15.1 Å². The highest BCUT2D eigenvalue weighted by atomic mass is 35.5. The Morgan fingerprint density at radius 2 is 1.76 bits per heavy atom. The summed E-state index contributed by atoms with van der Waals surface area (Å²) in [7, 11) is 0. The first-order valence-electron chi connectivity index (χ1n) is 8.34. The zero-order valence-electron chi connectivity index (χ0n) is 14.6. The number of rotatable bonds is 5. The lowest BCUT2D eigenvalue weighted by atomic mass is 10.2. The Balaban J connectivity index is 2.00. The minimum absolute atomic E-state index is 0.302. The van der Waals surface area contributed by atoms with E-state index >= 15 is 0 Å². The lowest BCUT2D eigenvalue weighted by Crippen LogP contribution is -2.13. The maximum Gasteiger partial charge on any atom is 0.322 e. The number of nitrogens with one attached hydrogen (secondary N) is 1. The molecule has 4 rings (SSSR count). The average molecular weight is 449 g/mol. The number of nitrogens with zero attached hydrogens (tertiary/aromatic N) is 4. The molecular weight excluding hydrogens is 437 g/mol. The highest BCUT2D eigenvalue weighted by Crippen LogP contribution is 2.35. The van der Waals surface area contributed by atoms with Gasteiger partial charge in [-0.2, -0.15) is 0 Å². The Hall–Kier alpha value is -2.87. The van der Waals surface area contributed by atoms with Crippen LogP contribution in [0.15, 0.2) is 48.8 Å². The van der Waals surface area contributed by atoms with Crippen LogP contribution in [0.25, 0.3) is 28.2 Å². The minimum atomic E-state index is -1.02. The Labute approximate surface area is 179 Å². The fourth-order valence-electron chi connectivity index (χ4n) is 2.87. The molecule has 0 radical (unpaired) electrons. The molecule has 0 aliphatic carbocycles. The molecule has 0 aliphatic heterocycles. The van der Waals surface area contributed by atoms with Crippen molar-refractivity contribution in [1.82, 2.24) is 19.5 Å². The summed E-state index contributed by atoms with van der Waals surface area (Å²) >= 11 is 18.5. The number of imidazole rings is 1. The zero-order valence-corrected chi connectivity index (χ0v) is 16.9. The van der Waals surface area contributed by atoms with Crippen LogP contribution in [0.4, 0.5) is 5.82 Å². The first kappa shape index (κ1) is 19.4. The molecule has 2 N–H and O–H groups in total. The van der Waals surface area contributed by atoms with E-state index < -0.39 is 5.97 Å². The van der Waals surface area contributed by atoms with Crippen LogP contribution in [-0.2, 0) is 4.79 Å². The lowest BCUT2D eigenvalue weighted by Gasteiger charge is -2.10. The summed E-state index contributed by atoms with van der Waals surface area (Å²) in [5.74, 6) is -0.214. The molecule has 2 aromatic heterocycles. The highest BCUT2D eigenvalue weighted by molar-refractivity contribution is 6.36. The van der Waals surface area contributed by atoms with E-state index in [4.69, 9.17) is 39.9 Å². The van der Waals surface area contributed by atoms with Crippen molar-refractivity contribution in [2.75, 3.05) is 11.9 Å². The molecule has 0 unspecified atom stereocenters. The summed E-state index contributed by atoms with van der Waals surface area (Å²) in [6.07, 6.45) is 1.34. The van der Waals surface area contributed by atoms with Gasteiger partial charge in [0.15, 0.2) is 17.0 Å². The first-order chi connectivity index (χ1) is 13.9. The zero-order chi connectivity index (χ0) is 20.5. The van der Waals surface area contributed by atoms with Gasteiger partial charge in [-0.05, 0) is 42.5 Å². The molecule has 0 fully saturated rings. The number of hydrogen-bond donors (Lipinski definition) is 2. The molecule has 29 heavy (non-hydrogen) atoms. The van der Waals surface area contributed by atoms with E-state index in [1.54, 1.807) is 34.9 Å². The molecule has 0 saturated heterocycles. The van der Waals surface area contributed by atoms with E-state index in [2.05, 4.69) is 20.3 Å². The molecule has 0 atom stereocenters. The Morgan fingerprint density at radius 3 is 2.45 bits per heavy atom. The number of benzene rings is 2. The molecule has 4 aromatic rings. The van der Waals surface area contributed by atoms with Gasteiger partial charge in [-0.25, -0.2) is 15.0 Å². The third kappa shape index (κ3) is 3.85. The van der Waals surface area contributed by atoms with Crippen molar-refractivity contribution in [3.05, 3.63) is 63.9 Å². The molecular formula is C19H12Cl3N5O2. The maximum atomic E-state index is 11.0. The summed E-state index contributed by atoms with van der Waals surface area (Å²) in [5.41, 5.74) is 2.27. The number of aromatic nitrogens is 4. The average Bonchev–Trinajstić information content (AvgIpc) is 3.06. The standard InChI is InChI=1S/C19H12Cl3N5O2/c20-10-1-4-12(5-2-10)27-18(13-6-3-11(21)7-14(13)22)26-16-17(23-8-15(28)29)24-9-25-19(16)27/h1-7,9H,8H2,(H,28,29)(H,23,24,25). The molecule has 10 heteroatoms. The number of anilines is 1. The van der Waals surface area contributed by atoms with Gasteiger partial charge < -0.3 is 10.4 Å². The molecule has 2 aromatic carbocycles. The van der Waals surface area contributed by atoms with Crippen molar-refractivity contribution in [3.63, 3.8) is 0 Å². The van der Waals surface area contributed by atoms with Crippen molar-refractivity contribution in [1.29, 1.82) is 0 Å². The Bertz CT molecular complexity index is 1220. The van der Waals surface area contributed by atoms with Crippen molar-refractivity contribution >= 4 is 57.8 Å². The largest absolute Gasteiger partial charge is 0.480 e. The summed E-state index contributed by atoms with van der Waals surface area (Å²) in [6, 6.07) is 12.2. The summed E-state index contributed by atoms with van der Waals surface area (Å²) in [6.45, 7) is -0.309. The molecule has 2 heterocycles. The molecule has 0 amide bonds. The van der Waals surface area contributed by atoms with Crippen LogP contribution in [0.3, 0.4) is 0 Å². The molecule has 0 bridgehead atoms. The SMILES string of the molecule is O=C(O)CNc1ncnc2c1nc(-c1ccc(Cl)cc1Cl)n2-c1ccc(Cl)cc1. The van der Waals surface area contributed by atoms with E-state index in [1.165, 1.54) is 6.33 Å². The fraction of sp³-hybridized carbons (Fsp3) is 0.0526. The highest BCUT2D eigenvalue weighted by Gasteiger charge is 2.20. The van der Waals surface area contributed by atoms with Crippen molar-refractivity contribution in [2.45, 2.75) is 0 Å². The molecule has 7 nitrogen and oxygen atoms in total. The predicted octanol–water partition coefficient (Wildman–Crippen LogP) is 4.94. The van der Waals surface area contributed by atoms with Crippen LogP contribution >= 0.6 is 34.8 Å². The van der Waals surface area contributed by atoms with Gasteiger partial charge in [0.2, 0.25) is 0 Å². The Morgan fingerprint density at radius 1 is 1.03 bits per heavy atom. The second kappa shape index (κ2) is 7.87. The topological polar surface area (TPSA) is 92.9 Å². The summed E-state index contributed by atoms with van der Waals surface area (Å²) in [4.78, 5) is 24.1. The van der Waals surface area contributed by atoms with Gasteiger partial charge in [0, 0.05) is 21.3 Å². The number of carbonyl (C=O) groups is 1. The number of fused-ring (bicyclic) bond motifs is 1. The number of halogens is 3. The second-order valence-corrected chi connectivity index (χ2v) is 7.29. The van der Waals surface area contributed by atoms with Gasteiger partial charge >= 0.3 is 5.97 Å². The fourth-order valence-corrected chi connectivity index (χ4v) is 3.49. The third-order valence-corrected chi connectivity index (χ3v) is 4.91. The van der Waals surface area contributed by atoms with Crippen molar-refractivity contribution < 1.29 is 9.90 Å². The van der Waals surface area contributed by atoms with Gasteiger partial charge in [-0.3, -0.25) is 9.36 Å². The Kier molecular flexibility index (Phi) is 5.27. The van der Waals surface area contributed by atoms with Gasteiger partial charge in [-0.1, -0.05) is 34.8 Å². The van der Waals surface area contributed by atoms with Gasteiger partial charge in [0.25, 0.3) is 0 Å². The van der Waals surface area contributed by atoms with Gasteiger partial charge in [-0.15, -0.1) is 0 Å². The number of aliphatic carboxylic acids is 1. The monoisotopic (exact) mass is 447 g/mol. The second-order valence-electron chi connectivity index (χ2n) is 6.01. The van der Waals surface area contributed by atoms with E-state index in [-0.39, 0.29) is 6.54 Å². The van der Waals surface area contributed by atoms with E-state index in [1.807, 2.05) is 12.1 Å². The first-order valence-corrected chi connectivity index (χ1v) is 9.48. The van der Waals surface area contributed by atoms with Gasteiger partial charge in [0.05, 0.1) is 5.02 Å². The van der Waals surface area contributed by atoms with Crippen LogP contribution in [-0.4, -0.2) is 37.1 Å². The lowest BCUT2D eigenvalue weighted by molar-refractivity contribution is -0.134. The van der Waals surface area contributed by atoms with Crippen LogP contribution in [0.1, 0.15) is 0 Å². The molecule has 0 aliphatic rings. The molecule has 0 spiro atoms. The van der Waals surface area contributed by atoms with Gasteiger partial charge in [0.1, 0.15) is 18.7 Å². The number of carboxylic acids is 1. The quantitative estimate of drug-likeness (QED) is 0.449. The van der Waals surface area contributed by atoms with Crippen molar-refractivity contribution in [2.24, 2.45) is 0 Å². The maximum absolute atomic E-state index is 11.0. The van der Waals surface area contributed by atoms with E-state index in [0.717, 1.165) is 5.69 Å². The van der Waals surface area contributed by atoms with Crippen LogP contribution < -0.4 is 5.32 Å². The summed E-state index contributed by atoms with van der Waals surface area (Å²) in [5, 5.41) is 13.2. The smallest absolute Gasteiger partial charge is 0.322 e. The third-order valence-electron chi connectivity index (χ3n) is 4.11.